The molecule has 1 heteroatoms. The highest BCUT2D eigenvalue weighted by Gasteiger charge is 2.64. The van der Waals surface area contributed by atoms with Crippen LogP contribution in [0.1, 0.15) is 39.0 Å². The summed E-state index contributed by atoms with van der Waals surface area (Å²) in [5, 5.41) is 0. The smallest absolute Gasteiger partial charge is 0.0825 e. The van der Waals surface area contributed by atoms with E-state index in [1.165, 1.54) is 32.1 Å². The van der Waals surface area contributed by atoms with Gasteiger partial charge in [0, 0.05) is 0 Å². The summed E-state index contributed by atoms with van der Waals surface area (Å²) in [7, 11) is 0. The van der Waals surface area contributed by atoms with Crippen molar-refractivity contribution in [3.05, 3.63) is 11.1 Å². The van der Waals surface area contributed by atoms with Crippen molar-refractivity contribution in [1.82, 2.24) is 0 Å². The molecule has 0 amide bonds. The molecule has 0 aromatic rings. The largest absolute Gasteiger partial charge is 0.371 e. The van der Waals surface area contributed by atoms with Crippen LogP contribution in [0.3, 0.4) is 0 Å². The molecule has 1 aliphatic heterocycles. The summed E-state index contributed by atoms with van der Waals surface area (Å²) in [4.78, 5) is 0. The number of ether oxygens (including phenoxy) is 1. The minimum absolute atomic E-state index is 0.532. The highest BCUT2D eigenvalue weighted by Crippen LogP contribution is 2.68. The SMILES string of the molecule is CC1CC2C3CC(=C4C5CCC4C5)C(O1)C32. The Morgan fingerprint density at radius 2 is 1.88 bits per heavy atom. The lowest BCUT2D eigenvalue weighted by Gasteiger charge is -2.36. The zero-order valence-corrected chi connectivity index (χ0v) is 9.99. The summed E-state index contributed by atoms with van der Waals surface area (Å²) >= 11 is 0. The van der Waals surface area contributed by atoms with Gasteiger partial charge in [0.15, 0.2) is 0 Å². The molecule has 0 aromatic heterocycles. The molecule has 1 nitrogen and oxygen atoms in total. The Labute approximate surface area is 97.2 Å². The lowest BCUT2D eigenvalue weighted by molar-refractivity contribution is -0.0275. The number of allylic oxidation sites excluding steroid dienone is 1. The second-order valence-corrected chi connectivity index (χ2v) is 6.90. The van der Waals surface area contributed by atoms with Crippen molar-refractivity contribution in [2.24, 2.45) is 29.6 Å². The molecule has 0 N–H and O–H groups in total. The molecule has 6 aliphatic rings. The second-order valence-electron chi connectivity index (χ2n) is 6.90. The molecule has 1 heterocycles. The Bertz CT molecular complexity index is 380. The van der Waals surface area contributed by atoms with Gasteiger partial charge in [-0.2, -0.15) is 0 Å². The minimum Gasteiger partial charge on any atom is -0.371 e. The molecule has 7 atom stereocenters. The van der Waals surface area contributed by atoms with Crippen LogP contribution in [-0.2, 0) is 4.74 Å². The van der Waals surface area contributed by atoms with Gasteiger partial charge >= 0.3 is 0 Å². The third-order valence-electron chi connectivity index (χ3n) is 6.21. The average molecular weight is 216 g/mol. The fourth-order valence-electron chi connectivity index (χ4n) is 5.53. The Morgan fingerprint density at radius 1 is 1.06 bits per heavy atom. The summed E-state index contributed by atoms with van der Waals surface area (Å²) in [6.07, 6.45) is 8.38. The highest BCUT2D eigenvalue weighted by molar-refractivity contribution is 5.39. The molecule has 2 bridgehead atoms. The quantitative estimate of drug-likeness (QED) is 0.565. The van der Waals surface area contributed by atoms with Gasteiger partial charge in [0.2, 0.25) is 0 Å². The van der Waals surface area contributed by atoms with Crippen LogP contribution in [0.5, 0.6) is 0 Å². The van der Waals surface area contributed by atoms with Crippen LogP contribution in [0, 0.1) is 29.6 Å². The van der Waals surface area contributed by atoms with Gasteiger partial charge < -0.3 is 4.74 Å². The monoisotopic (exact) mass is 216 g/mol. The highest BCUT2D eigenvalue weighted by atomic mass is 16.5. The van der Waals surface area contributed by atoms with E-state index in [9.17, 15) is 0 Å². The van der Waals surface area contributed by atoms with E-state index < -0.39 is 0 Å². The number of hydrogen-bond donors (Lipinski definition) is 0. The van der Waals surface area contributed by atoms with E-state index >= 15 is 0 Å². The fourth-order valence-corrected chi connectivity index (χ4v) is 5.53. The number of fused-ring (bicyclic) bond motifs is 2. The predicted molar refractivity (Wildman–Crippen MR) is 61.9 cm³/mol. The van der Waals surface area contributed by atoms with Gasteiger partial charge in [0.25, 0.3) is 0 Å². The van der Waals surface area contributed by atoms with Crippen molar-refractivity contribution in [1.29, 1.82) is 0 Å². The van der Waals surface area contributed by atoms with Gasteiger partial charge in [-0.3, -0.25) is 0 Å². The molecule has 6 rings (SSSR count). The van der Waals surface area contributed by atoms with Gasteiger partial charge in [-0.1, -0.05) is 5.57 Å². The van der Waals surface area contributed by atoms with Gasteiger partial charge in [-0.25, -0.2) is 0 Å². The first-order valence-electron chi connectivity index (χ1n) is 7.21. The third-order valence-corrected chi connectivity index (χ3v) is 6.21. The van der Waals surface area contributed by atoms with Crippen molar-refractivity contribution in [3.8, 4) is 0 Å². The maximum absolute atomic E-state index is 6.27. The lowest BCUT2D eigenvalue weighted by Crippen LogP contribution is -2.32. The van der Waals surface area contributed by atoms with Crippen molar-refractivity contribution < 1.29 is 4.74 Å². The van der Waals surface area contributed by atoms with Crippen LogP contribution in [-0.4, -0.2) is 12.2 Å². The number of rotatable bonds is 0. The normalized spacial score (nSPS) is 60.9. The van der Waals surface area contributed by atoms with Crippen LogP contribution in [0.4, 0.5) is 0 Å². The van der Waals surface area contributed by atoms with Crippen molar-refractivity contribution >= 4 is 0 Å². The second kappa shape index (κ2) is 2.58. The van der Waals surface area contributed by atoms with E-state index in [1.54, 1.807) is 5.57 Å². The Morgan fingerprint density at radius 3 is 2.62 bits per heavy atom. The molecule has 1 saturated heterocycles. The lowest BCUT2D eigenvalue weighted by atomic mass is 9.73. The van der Waals surface area contributed by atoms with Crippen molar-refractivity contribution in [2.45, 2.75) is 51.2 Å². The number of hydrogen-bond acceptors (Lipinski definition) is 1. The molecule has 7 unspecified atom stereocenters. The molecule has 5 saturated carbocycles. The molecule has 5 aliphatic carbocycles. The van der Waals surface area contributed by atoms with Gasteiger partial charge in [-0.15, -0.1) is 0 Å². The van der Waals surface area contributed by atoms with Crippen LogP contribution in [0.2, 0.25) is 0 Å². The van der Waals surface area contributed by atoms with E-state index in [2.05, 4.69) is 6.92 Å². The first kappa shape index (κ1) is 8.74. The Kier molecular flexibility index (Phi) is 1.41. The van der Waals surface area contributed by atoms with Crippen LogP contribution in [0.15, 0.2) is 11.1 Å². The van der Waals surface area contributed by atoms with Crippen LogP contribution >= 0.6 is 0 Å². The minimum atomic E-state index is 0.532. The van der Waals surface area contributed by atoms with Crippen LogP contribution < -0.4 is 0 Å². The van der Waals surface area contributed by atoms with Gasteiger partial charge in [0.05, 0.1) is 12.2 Å². The van der Waals surface area contributed by atoms with E-state index in [-0.39, 0.29) is 0 Å². The maximum atomic E-state index is 6.27. The summed E-state index contributed by atoms with van der Waals surface area (Å²) < 4.78 is 6.27. The van der Waals surface area contributed by atoms with Gasteiger partial charge in [-0.05, 0) is 74.2 Å². The zero-order valence-electron chi connectivity index (χ0n) is 9.99. The molecule has 16 heavy (non-hydrogen) atoms. The maximum Gasteiger partial charge on any atom is 0.0825 e. The first-order chi connectivity index (χ1) is 7.83. The first-order valence-corrected chi connectivity index (χ1v) is 7.21. The molecule has 0 radical (unpaired) electrons. The molecule has 6 fully saturated rings. The van der Waals surface area contributed by atoms with E-state index in [1.807, 2.05) is 5.57 Å². The standard InChI is InChI=1S/C15H20O/c1-7-4-10-11-6-12(15(16-7)14(10)11)13-8-2-3-9(13)5-8/h7-11,14-15H,2-6H2,1H3. The molecule has 0 spiro atoms. The summed E-state index contributed by atoms with van der Waals surface area (Å²) in [6.45, 7) is 2.28. The average Bonchev–Trinajstić information content (AvgIpc) is 2.69. The zero-order chi connectivity index (χ0) is 10.4. The summed E-state index contributed by atoms with van der Waals surface area (Å²) in [6, 6.07) is 0. The van der Waals surface area contributed by atoms with Crippen molar-refractivity contribution in [3.63, 3.8) is 0 Å². The van der Waals surface area contributed by atoms with Gasteiger partial charge in [0.1, 0.15) is 0 Å². The Balaban J connectivity index is 1.54. The van der Waals surface area contributed by atoms with E-state index in [0.29, 0.717) is 12.2 Å². The summed E-state index contributed by atoms with van der Waals surface area (Å²) in [5.74, 6) is 5.04. The summed E-state index contributed by atoms with van der Waals surface area (Å²) in [5.41, 5.74) is 3.70. The Hall–Kier alpha value is -0.300. The third kappa shape index (κ3) is 0.860. The van der Waals surface area contributed by atoms with Crippen molar-refractivity contribution in [2.75, 3.05) is 0 Å². The molecular weight excluding hydrogens is 196 g/mol. The fraction of sp³-hybridized carbons (Fsp3) is 0.867. The molecule has 86 valence electrons. The molecule has 0 aromatic carbocycles. The van der Waals surface area contributed by atoms with E-state index in [0.717, 1.165) is 29.6 Å². The van der Waals surface area contributed by atoms with Crippen LogP contribution in [0.25, 0.3) is 0 Å². The molecular formula is C15H20O. The predicted octanol–water partition coefficient (Wildman–Crippen LogP) is 3.16. The topological polar surface area (TPSA) is 9.23 Å². The van der Waals surface area contributed by atoms with E-state index in [4.69, 9.17) is 4.74 Å².